The molecular formula is C10H12F4N2O. The molecule has 0 amide bonds. The van der Waals surface area contributed by atoms with Crippen LogP contribution in [0.2, 0.25) is 0 Å². The fourth-order valence-corrected chi connectivity index (χ4v) is 1.41. The third-order valence-electron chi connectivity index (χ3n) is 1.99. The number of rotatable bonds is 5. The molecule has 0 aromatic carbocycles. The summed E-state index contributed by atoms with van der Waals surface area (Å²) in [5.41, 5.74) is 0.336. The Morgan fingerprint density at radius 2 is 2.00 bits per heavy atom. The summed E-state index contributed by atoms with van der Waals surface area (Å²) in [6.45, 7) is -1.77. The van der Waals surface area contributed by atoms with Crippen molar-refractivity contribution in [2.75, 3.05) is 19.7 Å². The van der Waals surface area contributed by atoms with Crippen LogP contribution >= 0.6 is 0 Å². The Labute approximate surface area is 95.7 Å². The molecule has 0 aliphatic carbocycles. The van der Waals surface area contributed by atoms with E-state index in [2.05, 4.69) is 4.98 Å². The highest BCUT2D eigenvalue weighted by Crippen LogP contribution is 2.17. The lowest BCUT2D eigenvalue weighted by Crippen LogP contribution is -2.35. The first-order valence-corrected chi connectivity index (χ1v) is 4.90. The van der Waals surface area contributed by atoms with Crippen LogP contribution in [0, 0.1) is 5.82 Å². The summed E-state index contributed by atoms with van der Waals surface area (Å²) in [6.07, 6.45) is -2.08. The molecule has 1 aromatic heterocycles. The predicted molar refractivity (Wildman–Crippen MR) is 52.6 cm³/mol. The molecule has 0 radical (unpaired) electrons. The van der Waals surface area contributed by atoms with Gasteiger partial charge in [-0.15, -0.1) is 0 Å². The summed E-state index contributed by atoms with van der Waals surface area (Å²) in [5, 5.41) is 8.67. The Hall–Kier alpha value is -1.21. The molecule has 1 aromatic rings. The standard InChI is InChI=1S/C10H12F4N2O/c11-9-3-8(4-15-5-9)6-16(1-2-17)7-10(12,13)14/h3-5,17H,1-2,6-7H2. The Morgan fingerprint density at radius 3 is 2.53 bits per heavy atom. The van der Waals surface area contributed by atoms with Crippen LogP contribution in [0.25, 0.3) is 0 Å². The minimum Gasteiger partial charge on any atom is -0.395 e. The number of nitrogens with zero attached hydrogens (tertiary/aromatic N) is 2. The smallest absolute Gasteiger partial charge is 0.395 e. The highest BCUT2D eigenvalue weighted by molar-refractivity contribution is 5.09. The largest absolute Gasteiger partial charge is 0.401 e. The maximum Gasteiger partial charge on any atom is 0.401 e. The average Bonchev–Trinajstić information content (AvgIpc) is 2.15. The van der Waals surface area contributed by atoms with E-state index < -0.39 is 25.1 Å². The van der Waals surface area contributed by atoms with E-state index in [4.69, 9.17) is 5.11 Å². The van der Waals surface area contributed by atoms with Crippen LogP contribution in [0.4, 0.5) is 17.6 Å². The van der Waals surface area contributed by atoms with Crippen LogP contribution in [-0.4, -0.2) is 40.9 Å². The average molecular weight is 252 g/mol. The molecule has 7 heteroatoms. The van der Waals surface area contributed by atoms with Crippen LogP contribution in [0.3, 0.4) is 0 Å². The van der Waals surface area contributed by atoms with Crippen LogP contribution in [0.15, 0.2) is 18.5 Å². The molecule has 0 spiro atoms. The lowest BCUT2D eigenvalue weighted by Gasteiger charge is -2.22. The van der Waals surface area contributed by atoms with Crippen molar-refractivity contribution >= 4 is 0 Å². The van der Waals surface area contributed by atoms with Gasteiger partial charge in [0.05, 0.1) is 19.3 Å². The van der Waals surface area contributed by atoms with Crippen molar-refractivity contribution in [3.63, 3.8) is 0 Å². The zero-order chi connectivity index (χ0) is 12.9. The molecule has 1 rings (SSSR count). The molecule has 0 saturated carbocycles. The molecule has 17 heavy (non-hydrogen) atoms. The normalized spacial score (nSPS) is 12.1. The van der Waals surface area contributed by atoms with Gasteiger partial charge in [-0.25, -0.2) is 4.39 Å². The van der Waals surface area contributed by atoms with Crippen molar-refractivity contribution in [1.82, 2.24) is 9.88 Å². The highest BCUT2D eigenvalue weighted by Gasteiger charge is 2.30. The number of hydrogen-bond acceptors (Lipinski definition) is 3. The van der Waals surface area contributed by atoms with Gasteiger partial charge in [-0.1, -0.05) is 0 Å². The predicted octanol–water partition coefficient (Wildman–Crippen LogP) is 1.58. The fourth-order valence-electron chi connectivity index (χ4n) is 1.41. The summed E-state index contributed by atoms with van der Waals surface area (Å²) < 4.78 is 49.4. The number of pyridine rings is 1. The van der Waals surface area contributed by atoms with Gasteiger partial charge < -0.3 is 5.11 Å². The second-order valence-electron chi connectivity index (χ2n) is 3.56. The SMILES string of the molecule is OCCN(Cc1cncc(F)c1)CC(F)(F)F. The second kappa shape index (κ2) is 5.92. The third kappa shape index (κ3) is 5.60. The minimum absolute atomic E-state index is 0.106. The number of alkyl halides is 3. The molecule has 1 N–H and O–H groups in total. The first-order valence-electron chi connectivity index (χ1n) is 4.90. The summed E-state index contributed by atoms with van der Waals surface area (Å²) in [6, 6.07) is 1.12. The molecule has 0 fully saturated rings. The zero-order valence-electron chi connectivity index (χ0n) is 8.91. The molecule has 0 aliphatic heterocycles. The molecule has 0 bridgehead atoms. The summed E-state index contributed by atoms with van der Waals surface area (Å²) >= 11 is 0. The summed E-state index contributed by atoms with van der Waals surface area (Å²) in [5.74, 6) is -0.599. The molecule has 96 valence electrons. The van der Waals surface area contributed by atoms with E-state index in [1.165, 1.54) is 6.20 Å². The Balaban J connectivity index is 2.66. The van der Waals surface area contributed by atoms with Gasteiger partial charge in [0.2, 0.25) is 0 Å². The van der Waals surface area contributed by atoms with Crippen molar-refractivity contribution in [3.05, 3.63) is 29.8 Å². The molecule has 0 aliphatic rings. The van der Waals surface area contributed by atoms with Gasteiger partial charge in [0.25, 0.3) is 0 Å². The number of aromatic nitrogens is 1. The first kappa shape index (κ1) is 13.9. The summed E-state index contributed by atoms with van der Waals surface area (Å²) in [4.78, 5) is 4.53. The van der Waals surface area contributed by atoms with Crippen LogP contribution in [0.5, 0.6) is 0 Å². The highest BCUT2D eigenvalue weighted by atomic mass is 19.4. The Bertz CT molecular complexity index is 356. The number of hydrogen-bond donors (Lipinski definition) is 1. The van der Waals surface area contributed by atoms with E-state index in [1.54, 1.807) is 0 Å². The van der Waals surface area contributed by atoms with Gasteiger partial charge in [0.1, 0.15) is 5.82 Å². The van der Waals surface area contributed by atoms with Crippen molar-refractivity contribution < 1.29 is 22.7 Å². The molecule has 0 saturated heterocycles. The van der Waals surface area contributed by atoms with Crippen LogP contribution in [0.1, 0.15) is 5.56 Å². The molecule has 3 nitrogen and oxygen atoms in total. The number of halogens is 4. The topological polar surface area (TPSA) is 36.4 Å². The van der Waals surface area contributed by atoms with Crippen LogP contribution < -0.4 is 0 Å². The Morgan fingerprint density at radius 1 is 1.29 bits per heavy atom. The van der Waals surface area contributed by atoms with E-state index >= 15 is 0 Å². The van der Waals surface area contributed by atoms with Gasteiger partial charge in [0, 0.05) is 19.3 Å². The van der Waals surface area contributed by atoms with Gasteiger partial charge in [-0.2, -0.15) is 13.2 Å². The van der Waals surface area contributed by atoms with Crippen molar-refractivity contribution in [3.8, 4) is 0 Å². The second-order valence-corrected chi connectivity index (χ2v) is 3.56. The van der Waals surface area contributed by atoms with E-state index in [9.17, 15) is 17.6 Å². The Kier molecular flexibility index (Phi) is 4.83. The van der Waals surface area contributed by atoms with Crippen molar-refractivity contribution in [1.29, 1.82) is 0 Å². The maximum absolute atomic E-state index is 12.8. The lowest BCUT2D eigenvalue weighted by molar-refractivity contribution is -0.148. The molecular weight excluding hydrogens is 240 g/mol. The van der Waals surface area contributed by atoms with E-state index in [0.29, 0.717) is 5.56 Å². The molecule has 0 atom stereocenters. The molecule has 0 unspecified atom stereocenters. The van der Waals surface area contributed by atoms with Gasteiger partial charge in [-0.05, 0) is 11.6 Å². The van der Waals surface area contributed by atoms with Crippen molar-refractivity contribution in [2.24, 2.45) is 0 Å². The minimum atomic E-state index is -4.35. The number of aliphatic hydroxyl groups excluding tert-OH is 1. The van der Waals surface area contributed by atoms with Gasteiger partial charge in [0.15, 0.2) is 0 Å². The van der Waals surface area contributed by atoms with Crippen molar-refractivity contribution in [2.45, 2.75) is 12.7 Å². The van der Waals surface area contributed by atoms with E-state index in [0.717, 1.165) is 17.2 Å². The van der Waals surface area contributed by atoms with Gasteiger partial charge >= 0.3 is 6.18 Å². The first-order chi connectivity index (χ1) is 7.90. The maximum atomic E-state index is 12.8. The third-order valence-corrected chi connectivity index (χ3v) is 1.99. The van der Waals surface area contributed by atoms with E-state index in [1.807, 2.05) is 0 Å². The zero-order valence-corrected chi connectivity index (χ0v) is 8.91. The quantitative estimate of drug-likeness (QED) is 0.808. The summed E-state index contributed by atoms with van der Waals surface area (Å²) in [7, 11) is 0. The number of aliphatic hydroxyl groups is 1. The fraction of sp³-hybridized carbons (Fsp3) is 0.500. The monoisotopic (exact) mass is 252 g/mol. The van der Waals surface area contributed by atoms with E-state index in [-0.39, 0.29) is 13.1 Å². The van der Waals surface area contributed by atoms with Crippen LogP contribution in [-0.2, 0) is 6.54 Å². The molecule has 1 heterocycles. The van der Waals surface area contributed by atoms with Gasteiger partial charge in [-0.3, -0.25) is 9.88 Å². The lowest BCUT2D eigenvalue weighted by atomic mass is 10.2.